The molecule has 1 unspecified atom stereocenters. The maximum Gasteiger partial charge on any atom is 0.274 e. The molecule has 0 N–H and O–H groups in total. The largest absolute Gasteiger partial charge is 0.382 e. The molecule has 0 aliphatic carbocycles. The molecule has 24 heavy (non-hydrogen) atoms. The summed E-state index contributed by atoms with van der Waals surface area (Å²) in [6.07, 6.45) is 2.25. The SMILES string of the molecule is COCC1CN(C(=O)c2ccc(N3CCCC3)nn2)CC(C)(C)O1. The number of rotatable bonds is 4. The highest BCUT2D eigenvalue weighted by Gasteiger charge is 2.36. The van der Waals surface area contributed by atoms with E-state index in [0.717, 1.165) is 18.9 Å². The third kappa shape index (κ3) is 3.84. The van der Waals surface area contributed by atoms with Crippen LogP contribution in [-0.4, -0.2) is 72.6 Å². The molecule has 0 saturated carbocycles. The van der Waals surface area contributed by atoms with Gasteiger partial charge in [-0.15, -0.1) is 10.2 Å². The predicted molar refractivity (Wildman–Crippen MR) is 90.2 cm³/mol. The lowest BCUT2D eigenvalue weighted by atomic mass is 10.0. The van der Waals surface area contributed by atoms with Crippen LogP contribution >= 0.6 is 0 Å². The Bertz CT molecular complexity index is 570. The zero-order valence-electron chi connectivity index (χ0n) is 14.7. The van der Waals surface area contributed by atoms with E-state index in [1.807, 2.05) is 19.9 Å². The van der Waals surface area contributed by atoms with Gasteiger partial charge in [0.2, 0.25) is 0 Å². The summed E-state index contributed by atoms with van der Waals surface area (Å²) in [6.45, 7) is 7.49. The second-order valence-corrected chi connectivity index (χ2v) is 7.11. The van der Waals surface area contributed by atoms with E-state index in [4.69, 9.17) is 9.47 Å². The quantitative estimate of drug-likeness (QED) is 0.828. The molecule has 132 valence electrons. The second kappa shape index (κ2) is 7.03. The summed E-state index contributed by atoms with van der Waals surface area (Å²) < 4.78 is 11.1. The van der Waals surface area contributed by atoms with E-state index in [0.29, 0.717) is 25.4 Å². The van der Waals surface area contributed by atoms with Gasteiger partial charge in [-0.1, -0.05) is 0 Å². The van der Waals surface area contributed by atoms with Gasteiger partial charge in [-0.25, -0.2) is 0 Å². The van der Waals surface area contributed by atoms with Crippen molar-refractivity contribution in [2.45, 2.75) is 38.4 Å². The zero-order valence-corrected chi connectivity index (χ0v) is 14.7. The van der Waals surface area contributed by atoms with Crippen LogP contribution in [0.3, 0.4) is 0 Å². The van der Waals surface area contributed by atoms with Gasteiger partial charge >= 0.3 is 0 Å². The van der Waals surface area contributed by atoms with Gasteiger partial charge in [0.05, 0.1) is 18.3 Å². The third-order valence-corrected chi connectivity index (χ3v) is 4.42. The highest BCUT2D eigenvalue weighted by atomic mass is 16.5. The van der Waals surface area contributed by atoms with Crippen molar-refractivity contribution in [1.29, 1.82) is 0 Å². The van der Waals surface area contributed by atoms with Crippen molar-refractivity contribution in [2.24, 2.45) is 0 Å². The van der Waals surface area contributed by atoms with E-state index in [1.54, 1.807) is 18.1 Å². The molecule has 2 aliphatic rings. The number of nitrogens with zero attached hydrogens (tertiary/aromatic N) is 4. The predicted octanol–water partition coefficient (Wildman–Crippen LogP) is 1.34. The van der Waals surface area contributed by atoms with Crippen LogP contribution < -0.4 is 4.90 Å². The number of hydrogen-bond donors (Lipinski definition) is 0. The Kier molecular flexibility index (Phi) is 5.01. The van der Waals surface area contributed by atoms with E-state index < -0.39 is 5.60 Å². The molecule has 2 aliphatic heterocycles. The topological polar surface area (TPSA) is 67.8 Å². The molecule has 1 atom stereocenters. The van der Waals surface area contributed by atoms with Crippen molar-refractivity contribution in [3.8, 4) is 0 Å². The molecule has 0 bridgehead atoms. The number of aromatic nitrogens is 2. The molecule has 2 fully saturated rings. The summed E-state index contributed by atoms with van der Waals surface area (Å²) in [7, 11) is 1.64. The Hall–Kier alpha value is -1.73. The van der Waals surface area contributed by atoms with E-state index in [2.05, 4.69) is 15.1 Å². The van der Waals surface area contributed by atoms with Gasteiger partial charge in [0.25, 0.3) is 5.91 Å². The van der Waals surface area contributed by atoms with Crippen molar-refractivity contribution in [3.05, 3.63) is 17.8 Å². The Labute approximate surface area is 142 Å². The fourth-order valence-corrected chi connectivity index (χ4v) is 3.44. The molecule has 7 nitrogen and oxygen atoms in total. The first-order valence-corrected chi connectivity index (χ1v) is 8.53. The standard InChI is InChI=1S/C17H26N4O3/c1-17(2)12-21(10-13(24-17)11-23-3)16(22)14-6-7-15(19-18-14)20-8-4-5-9-20/h6-7,13H,4-5,8-12H2,1-3H3. The number of hydrogen-bond acceptors (Lipinski definition) is 6. The zero-order chi connectivity index (χ0) is 17.2. The Balaban J connectivity index is 1.70. The van der Waals surface area contributed by atoms with Crippen LogP contribution in [0.1, 0.15) is 37.2 Å². The van der Waals surface area contributed by atoms with Crippen molar-refractivity contribution < 1.29 is 14.3 Å². The number of methoxy groups -OCH3 is 1. The normalized spacial score (nSPS) is 23.5. The Morgan fingerprint density at radius 2 is 2.08 bits per heavy atom. The van der Waals surface area contributed by atoms with Gasteiger partial charge in [0.15, 0.2) is 11.5 Å². The lowest BCUT2D eigenvalue weighted by molar-refractivity contribution is -0.143. The van der Waals surface area contributed by atoms with Gasteiger partial charge in [-0.05, 0) is 38.8 Å². The highest BCUT2D eigenvalue weighted by Crippen LogP contribution is 2.23. The van der Waals surface area contributed by atoms with Crippen molar-refractivity contribution >= 4 is 11.7 Å². The maximum atomic E-state index is 12.8. The maximum absolute atomic E-state index is 12.8. The third-order valence-electron chi connectivity index (χ3n) is 4.42. The van der Waals surface area contributed by atoms with Crippen LogP contribution in [0.4, 0.5) is 5.82 Å². The monoisotopic (exact) mass is 334 g/mol. The highest BCUT2D eigenvalue weighted by molar-refractivity contribution is 5.92. The summed E-state index contributed by atoms with van der Waals surface area (Å²) in [5, 5.41) is 8.40. The van der Waals surface area contributed by atoms with Crippen LogP contribution in [0.25, 0.3) is 0 Å². The molecular weight excluding hydrogens is 308 g/mol. The smallest absolute Gasteiger partial charge is 0.274 e. The van der Waals surface area contributed by atoms with Gasteiger partial charge < -0.3 is 19.3 Å². The number of amides is 1. The lowest BCUT2D eigenvalue weighted by Crippen LogP contribution is -2.55. The fourth-order valence-electron chi connectivity index (χ4n) is 3.44. The van der Waals surface area contributed by atoms with Gasteiger partial charge in [0.1, 0.15) is 0 Å². The van der Waals surface area contributed by atoms with E-state index >= 15 is 0 Å². The van der Waals surface area contributed by atoms with E-state index in [9.17, 15) is 4.79 Å². The average Bonchev–Trinajstić information content (AvgIpc) is 3.07. The molecule has 3 rings (SSSR count). The summed E-state index contributed by atoms with van der Waals surface area (Å²) in [4.78, 5) is 16.8. The Morgan fingerprint density at radius 1 is 1.33 bits per heavy atom. The summed E-state index contributed by atoms with van der Waals surface area (Å²) >= 11 is 0. The van der Waals surface area contributed by atoms with E-state index in [1.165, 1.54) is 12.8 Å². The number of anilines is 1. The van der Waals surface area contributed by atoms with E-state index in [-0.39, 0.29) is 12.0 Å². The second-order valence-electron chi connectivity index (χ2n) is 7.11. The lowest BCUT2D eigenvalue weighted by Gasteiger charge is -2.42. The average molecular weight is 334 g/mol. The minimum absolute atomic E-state index is 0.104. The molecule has 0 aromatic carbocycles. The van der Waals surface area contributed by atoms with Crippen molar-refractivity contribution in [3.63, 3.8) is 0 Å². The van der Waals surface area contributed by atoms with Crippen LogP contribution in [0.2, 0.25) is 0 Å². The fraction of sp³-hybridized carbons (Fsp3) is 0.706. The molecule has 0 radical (unpaired) electrons. The number of ether oxygens (including phenoxy) is 2. The van der Waals surface area contributed by atoms with Crippen molar-refractivity contribution in [1.82, 2.24) is 15.1 Å². The molecule has 3 heterocycles. The summed E-state index contributed by atoms with van der Waals surface area (Å²) in [5.41, 5.74) is -0.0214. The first-order valence-electron chi connectivity index (χ1n) is 8.53. The molecule has 1 aromatic heterocycles. The molecule has 7 heteroatoms. The molecular formula is C17H26N4O3. The number of carbonyl (C=O) groups is 1. The Morgan fingerprint density at radius 3 is 2.71 bits per heavy atom. The van der Waals surface area contributed by atoms with Crippen LogP contribution in [0.15, 0.2) is 12.1 Å². The minimum atomic E-state index is -0.403. The minimum Gasteiger partial charge on any atom is -0.382 e. The van der Waals surface area contributed by atoms with Crippen LogP contribution in [-0.2, 0) is 9.47 Å². The van der Waals surface area contributed by atoms with Crippen LogP contribution in [0, 0.1) is 0 Å². The number of carbonyl (C=O) groups excluding carboxylic acids is 1. The van der Waals surface area contributed by atoms with Gasteiger partial charge in [-0.3, -0.25) is 4.79 Å². The first kappa shape index (κ1) is 17.1. The molecule has 2 saturated heterocycles. The molecule has 1 amide bonds. The number of morpholine rings is 1. The van der Waals surface area contributed by atoms with Gasteiger partial charge in [0, 0.05) is 33.3 Å². The molecule has 0 spiro atoms. The summed E-state index contributed by atoms with van der Waals surface area (Å²) in [5.74, 6) is 0.747. The van der Waals surface area contributed by atoms with Gasteiger partial charge in [-0.2, -0.15) is 0 Å². The summed E-state index contributed by atoms with van der Waals surface area (Å²) in [6, 6.07) is 3.67. The van der Waals surface area contributed by atoms with Crippen LogP contribution in [0.5, 0.6) is 0 Å². The van der Waals surface area contributed by atoms with Crippen molar-refractivity contribution in [2.75, 3.05) is 44.8 Å². The first-order chi connectivity index (χ1) is 11.5. The molecule has 1 aromatic rings.